The van der Waals surface area contributed by atoms with Crippen molar-refractivity contribution in [2.45, 2.75) is 19.8 Å². The second-order valence-corrected chi connectivity index (χ2v) is 5.18. The zero-order valence-corrected chi connectivity index (χ0v) is 12.3. The molecule has 108 valence electrons. The maximum atomic E-state index is 5.85. The Bertz CT molecular complexity index is 718. The van der Waals surface area contributed by atoms with E-state index in [1.807, 2.05) is 6.20 Å². The number of aromatic nitrogens is 1. The number of oxazole rings is 1. The van der Waals surface area contributed by atoms with Gasteiger partial charge in [-0.3, -0.25) is 0 Å². The Morgan fingerprint density at radius 3 is 2.76 bits per heavy atom. The van der Waals surface area contributed by atoms with E-state index in [-0.39, 0.29) is 0 Å². The Morgan fingerprint density at radius 2 is 1.90 bits per heavy atom. The highest BCUT2D eigenvalue weighted by Crippen LogP contribution is 2.25. The molecular formula is C18H20N2O. The van der Waals surface area contributed by atoms with Gasteiger partial charge in [-0.1, -0.05) is 43.3 Å². The maximum Gasteiger partial charge on any atom is 0.196 e. The van der Waals surface area contributed by atoms with Gasteiger partial charge in [0.05, 0.1) is 6.20 Å². The van der Waals surface area contributed by atoms with Crippen molar-refractivity contribution in [1.29, 1.82) is 0 Å². The Kier molecular flexibility index (Phi) is 4.31. The summed E-state index contributed by atoms with van der Waals surface area (Å²) in [7, 11) is 0. The van der Waals surface area contributed by atoms with Crippen molar-refractivity contribution in [1.82, 2.24) is 10.3 Å². The SMILES string of the molecule is CCCNCCc1ncc(-c2ccc3ccccc3c2)o1. The quantitative estimate of drug-likeness (QED) is 0.693. The molecule has 21 heavy (non-hydrogen) atoms. The van der Waals surface area contributed by atoms with Crippen molar-refractivity contribution in [2.24, 2.45) is 0 Å². The highest BCUT2D eigenvalue weighted by molar-refractivity contribution is 5.86. The molecular weight excluding hydrogens is 260 g/mol. The standard InChI is InChI=1S/C18H20N2O/c1-2-10-19-11-9-18-20-13-17(21-18)16-8-7-14-5-3-4-6-15(14)12-16/h3-8,12-13,19H,2,9-11H2,1H3. The van der Waals surface area contributed by atoms with E-state index in [0.717, 1.165) is 43.1 Å². The molecule has 0 atom stereocenters. The van der Waals surface area contributed by atoms with Gasteiger partial charge in [-0.05, 0) is 29.8 Å². The lowest BCUT2D eigenvalue weighted by Gasteiger charge is -2.01. The fourth-order valence-electron chi connectivity index (χ4n) is 2.40. The van der Waals surface area contributed by atoms with Crippen LogP contribution in [-0.4, -0.2) is 18.1 Å². The second kappa shape index (κ2) is 6.55. The average molecular weight is 280 g/mol. The lowest BCUT2D eigenvalue weighted by Crippen LogP contribution is -2.17. The Morgan fingerprint density at radius 1 is 1.05 bits per heavy atom. The molecule has 0 unspecified atom stereocenters. The molecule has 0 spiro atoms. The van der Waals surface area contributed by atoms with E-state index in [0.29, 0.717) is 0 Å². The van der Waals surface area contributed by atoms with E-state index in [9.17, 15) is 0 Å². The van der Waals surface area contributed by atoms with Gasteiger partial charge in [-0.2, -0.15) is 0 Å². The summed E-state index contributed by atoms with van der Waals surface area (Å²) in [6.07, 6.45) is 3.79. The van der Waals surface area contributed by atoms with E-state index >= 15 is 0 Å². The highest BCUT2D eigenvalue weighted by Gasteiger charge is 2.06. The van der Waals surface area contributed by atoms with Crippen LogP contribution in [0, 0.1) is 0 Å². The third-order valence-corrected chi connectivity index (χ3v) is 3.53. The van der Waals surface area contributed by atoms with Crippen LogP contribution in [0.25, 0.3) is 22.1 Å². The van der Waals surface area contributed by atoms with Crippen LogP contribution in [0.15, 0.2) is 53.1 Å². The molecule has 0 saturated carbocycles. The summed E-state index contributed by atoms with van der Waals surface area (Å²) in [4.78, 5) is 4.36. The minimum Gasteiger partial charge on any atom is -0.441 e. The van der Waals surface area contributed by atoms with E-state index < -0.39 is 0 Å². The van der Waals surface area contributed by atoms with Crippen LogP contribution in [0.4, 0.5) is 0 Å². The Balaban J connectivity index is 1.75. The van der Waals surface area contributed by atoms with Gasteiger partial charge in [0.1, 0.15) is 0 Å². The van der Waals surface area contributed by atoms with E-state index in [4.69, 9.17) is 4.42 Å². The van der Waals surface area contributed by atoms with Crippen molar-refractivity contribution < 1.29 is 4.42 Å². The van der Waals surface area contributed by atoms with Gasteiger partial charge < -0.3 is 9.73 Å². The summed E-state index contributed by atoms with van der Waals surface area (Å²) in [5, 5.41) is 5.82. The highest BCUT2D eigenvalue weighted by atomic mass is 16.4. The molecule has 0 amide bonds. The first-order chi connectivity index (χ1) is 10.4. The number of hydrogen-bond acceptors (Lipinski definition) is 3. The molecule has 0 aliphatic carbocycles. The van der Waals surface area contributed by atoms with Crippen molar-refractivity contribution >= 4 is 10.8 Å². The Labute approximate surface area is 125 Å². The van der Waals surface area contributed by atoms with Crippen molar-refractivity contribution in [3.8, 4) is 11.3 Å². The van der Waals surface area contributed by atoms with Gasteiger partial charge in [0.15, 0.2) is 11.7 Å². The van der Waals surface area contributed by atoms with Crippen LogP contribution >= 0.6 is 0 Å². The first-order valence-electron chi connectivity index (χ1n) is 7.51. The minimum atomic E-state index is 0.793. The summed E-state index contributed by atoms with van der Waals surface area (Å²) in [6, 6.07) is 14.7. The molecule has 3 aromatic rings. The van der Waals surface area contributed by atoms with Gasteiger partial charge in [0, 0.05) is 18.5 Å². The summed E-state index contributed by atoms with van der Waals surface area (Å²) in [6.45, 7) is 4.11. The smallest absolute Gasteiger partial charge is 0.196 e. The molecule has 3 rings (SSSR count). The van der Waals surface area contributed by atoms with Crippen molar-refractivity contribution in [3.63, 3.8) is 0 Å². The molecule has 0 aliphatic rings. The zero-order chi connectivity index (χ0) is 14.5. The van der Waals surface area contributed by atoms with E-state index in [2.05, 4.69) is 59.7 Å². The summed E-state index contributed by atoms with van der Waals surface area (Å²) in [5.41, 5.74) is 1.08. The third-order valence-electron chi connectivity index (χ3n) is 3.53. The predicted octanol–water partition coefficient (Wildman–Crippen LogP) is 4.04. The summed E-state index contributed by atoms with van der Waals surface area (Å²) < 4.78 is 5.85. The van der Waals surface area contributed by atoms with Gasteiger partial charge in [-0.25, -0.2) is 4.98 Å². The third kappa shape index (κ3) is 3.31. The zero-order valence-electron chi connectivity index (χ0n) is 12.3. The number of benzene rings is 2. The second-order valence-electron chi connectivity index (χ2n) is 5.18. The molecule has 0 fully saturated rings. The van der Waals surface area contributed by atoms with Crippen LogP contribution < -0.4 is 5.32 Å². The average Bonchev–Trinajstić information content (AvgIpc) is 3.00. The molecule has 0 aliphatic heterocycles. The number of nitrogens with zero attached hydrogens (tertiary/aromatic N) is 1. The molecule has 0 saturated heterocycles. The Hall–Kier alpha value is -2.13. The van der Waals surface area contributed by atoms with Crippen LogP contribution in [0.3, 0.4) is 0 Å². The number of nitrogens with one attached hydrogen (secondary N) is 1. The molecule has 3 nitrogen and oxygen atoms in total. The molecule has 0 bridgehead atoms. The molecule has 2 aromatic carbocycles. The first kappa shape index (κ1) is 13.8. The number of hydrogen-bond donors (Lipinski definition) is 1. The fourth-order valence-corrected chi connectivity index (χ4v) is 2.40. The molecule has 1 aromatic heterocycles. The molecule has 1 heterocycles. The fraction of sp³-hybridized carbons (Fsp3) is 0.278. The van der Waals surface area contributed by atoms with Crippen molar-refractivity contribution in [3.05, 3.63) is 54.6 Å². The monoisotopic (exact) mass is 280 g/mol. The lowest BCUT2D eigenvalue weighted by atomic mass is 10.1. The van der Waals surface area contributed by atoms with Crippen LogP contribution in [0.2, 0.25) is 0 Å². The molecule has 0 radical (unpaired) electrons. The van der Waals surface area contributed by atoms with Crippen LogP contribution in [0.1, 0.15) is 19.2 Å². The summed E-state index contributed by atoms with van der Waals surface area (Å²) >= 11 is 0. The van der Waals surface area contributed by atoms with E-state index in [1.165, 1.54) is 10.8 Å². The lowest BCUT2D eigenvalue weighted by molar-refractivity contribution is 0.495. The first-order valence-corrected chi connectivity index (χ1v) is 7.51. The van der Waals surface area contributed by atoms with E-state index in [1.54, 1.807) is 0 Å². The predicted molar refractivity (Wildman–Crippen MR) is 86.3 cm³/mol. The van der Waals surface area contributed by atoms with Crippen LogP contribution in [-0.2, 0) is 6.42 Å². The van der Waals surface area contributed by atoms with Crippen LogP contribution in [0.5, 0.6) is 0 Å². The normalized spacial score (nSPS) is 11.1. The number of rotatable bonds is 6. The molecule has 1 N–H and O–H groups in total. The largest absolute Gasteiger partial charge is 0.441 e. The van der Waals surface area contributed by atoms with Crippen molar-refractivity contribution in [2.75, 3.05) is 13.1 Å². The topological polar surface area (TPSA) is 38.1 Å². The maximum absolute atomic E-state index is 5.85. The molecule has 3 heteroatoms. The number of fused-ring (bicyclic) bond motifs is 1. The van der Waals surface area contributed by atoms with Gasteiger partial charge in [0.25, 0.3) is 0 Å². The minimum absolute atomic E-state index is 0.793. The summed E-state index contributed by atoms with van der Waals surface area (Å²) in [5.74, 6) is 1.63. The van der Waals surface area contributed by atoms with Gasteiger partial charge in [0.2, 0.25) is 0 Å². The van der Waals surface area contributed by atoms with Gasteiger partial charge >= 0.3 is 0 Å². The van der Waals surface area contributed by atoms with Gasteiger partial charge in [-0.15, -0.1) is 0 Å².